The van der Waals surface area contributed by atoms with Gasteiger partial charge in [0.2, 0.25) is 5.91 Å². The molecule has 2 aromatic carbocycles. The molecular formula is C17H17NO. The van der Waals surface area contributed by atoms with E-state index in [4.69, 9.17) is 0 Å². The number of carbonyl (C=O) groups excluding carboxylic acids is 1. The van der Waals surface area contributed by atoms with Gasteiger partial charge in [-0.2, -0.15) is 0 Å². The van der Waals surface area contributed by atoms with Crippen molar-refractivity contribution in [2.45, 2.75) is 19.8 Å². The van der Waals surface area contributed by atoms with Crippen LogP contribution in [-0.4, -0.2) is 12.5 Å². The van der Waals surface area contributed by atoms with Crippen molar-refractivity contribution in [3.63, 3.8) is 0 Å². The fourth-order valence-corrected chi connectivity index (χ4v) is 2.64. The summed E-state index contributed by atoms with van der Waals surface area (Å²) in [4.78, 5) is 13.9. The van der Waals surface area contributed by atoms with Crippen LogP contribution in [0.5, 0.6) is 0 Å². The van der Waals surface area contributed by atoms with Crippen LogP contribution >= 0.6 is 0 Å². The smallest absolute Gasteiger partial charge is 0.227 e. The molecule has 0 atom stereocenters. The highest BCUT2D eigenvalue weighted by atomic mass is 16.2. The van der Waals surface area contributed by atoms with E-state index in [0.717, 1.165) is 24.2 Å². The van der Waals surface area contributed by atoms with E-state index in [1.54, 1.807) is 0 Å². The highest BCUT2D eigenvalue weighted by Crippen LogP contribution is 2.33. The van der Waals surface area contributed by atoms with Crippen molar-refractivity contribution in [1.29, 1.82) is 0 Å². The summed E-state index contributed by atoms with van der Waals surface area (Å²) < 4.78 is 0. The first-order chi connectivity index (χ1) is 9.25. The molecule has 1 aliphatic rings. The van der Waals surface area contributed by atoms with E-state index in [2.05, 4.69) is 37.3 Å². The summed E-state index contributed by atoms with van der Waals surface area (Å²) in [6, 6.07) is 16.6. The van der Waals surface area contributed by atoms with E-state index in [0.29, 0.717) is 6.42 Å². The van der Waals surface area contributed by atoms with E-state index in [1.807, 2.05) is 23.1 Å². The van der Waals surface area contributed by atoms with Crippen LogP contribution in [-0.2, 0) is 4.79 Å². The molecule has 1 amide bonds. The fraction of sp³-hybridized carbons (Fsp3) is 0.235. The Bertz CT molecular complexity index is 604. The second-order valence-electron chi connectivity index (χ2n) is 5.04. The number of benzene rings is 2. The zero-order valence-corrected chi connectivity index (χ0v) is 11.1. The van der Waals surface area contributed by atoms with Gasteiger partial charge in [0.1, 0.15) is 0 Å². The van der Waals surface area contributed by atoms with E-state index < -0.39 is 0 Å². The average Bonchev–Trinajstić information content (AvgIpc) is 2.86. The van der Waals surface area contributed by atoms with E-state index in [9.17, 15) is 4.79 Å². The standard InChI is InChI=1S/C17H17NO/c1-13-9-10-16(18-11-5-8-17(18)19)15(12-13)14-6-3-2-4-7-14/h2-4,6-7,9-10,12H,5,8,11H2,1H3. The molecule has 0 N–H and O–H groups in total. The first-order valence-corrected chi connectivity index (χ1v) is 6.72. The van der Waals surface area contributed by atoms with Gasteiger partial charge in [-0.1, -0.05) is 42.0 Å². The number of aryl methyl sites for hydroxylation is 1. The summed E-state index contributed by atoms with van der Waals surface area (Å²) in [5.74, 6) is 0.237. The topological polar surface area (TPSA) is 20.3 Å². The molecule has 2 nitrogen and oxygen atoms in total. The van der Waals surface area contributed by atoms with Crippen LogP contribution in [0.25, 0.3) is 11.1 Å². The molecule has 1 aliphatic heterocycles. The number of nitrogens with zero attached hydrogens (tertiary/aromatic N) is 1. The SMILES string of the molecule is Cc1ccc(N2CCCC2=O)c(-c2ccccc2)c1. The lowest BCUT2D eigenvalue weighted by molar-refractivity contribution is -0.117. The van der Waals surface area contributed by atoms with Crippen molar-refractivity contribution in [2.75, 3.05) is 11.4 Å². The molecule has 0 unspecified atom stereocenters. The Kier molecular flexibility index (Phi) is 3.08. The largest absolute Gasteiger partial charge is 0.312 e. The van der Waals surface area contributed by atoms with Gasteiger partial charge in [0.05, 0.1) is 5.69 Å². The summed E-state index contributed by atoms with van der Waals surface area (Å²) in [5.41, 5.74) is 4.57. The van der Waals surface area contributed by atoms with Crippen molar-refractivity contribution in [3.8, 4) is 11.1 Å². The van der Waals surface area contributed by atoms with E-state index in [1.165, 1.54) is 11.1 Å². The van der Waals surface area contributed by atoms with Crippen molar-refractivity contribution in [2.24, 2.45) is 0 Å². The van der Waals surface area contributed by atoms with Crippen LogP contribution in [0.4, 0.5) is 5.69 Å². The Labute approximate surface area is 113 Å². The normalized spacial score (nSPS) is 15.0. The summed E-state index contributed by atoms with van der Waals surface area (Å²) in [7, 11) is 0. The maximum absolute atomic E-state index is 12.0. The van der Waals surface area contributed by atoms with Gasteiger partial charge in [-0.25, -0.2) is 0 Å². The molecule has 96 valence electrons. The molecule has 1 saturated heterocycles. The summed E-state index contributed by atoms with van der Waals surface area (Å²) in [6.45, 7) is 2.92. The van der Waals surface area contributed by atoms with Gasteiger partial charge in [-0.15, -0.1) is 0 Å². The highest BCUT2D eigenvalue weighted by Gasteiger charge is 2.24. The van der Waals surface area contributed by atoms with Gasteiger partial charge in [0.25, 0.3) is 0 Å². The zero-order valence-electron chi connectivity index (χ0n) is 11.1. The summed E-state index contributed by atoms with van der Waals surface area (Å²) >= 11 is 0. The van der Waals surface area contributed by atoms with Crippen LogP contribution < -0.4 is 4.90 Å². The Balaban J connectivity index is 2.12. The minimum atomic E-state index is 0.237. The van der Waals surface area contributed by atoms with Gasteiger partial charge < -0.3 is 4.90 Å². The predicted molar refractivity (Wildman–Crippen MR) is 78.2 cm³/mol. The average molecular weight is 251 g/mol. The summed E-state index contributed by atoms with van der Waals surface area (Å²) in [5, 5.41) is 0. The van der Waals surface area contributed by atoms with Gasteiger partial charge in [0.15, 0.2) is 0 Å². The summed E-state index contributed by atoms with van der Waals surface area (Å²) in [6.07, 6.45) is 1.63. The predicted octanol–water partition coefficient (Wildman–Crippen LogP) is 3.79. The van der Waals surface area contributed by atoms with Crippen LogP contribution in [0, 0.1) is 6.92 Å². The molecule has 1 fully saturated rings. The second kappa shape index (κ2) is 4.88. The molecular weight excluding hydrogens is 234 g/mol. The van der Waals surface area contributed by atoms with Crippen LogP contribution in [0.15, 0.2) is 48.5 Å². The molecule has 0 bridgehead atoms. The van der Waals surface area contributed by atoms with E-state index in [-0.39, 0.29) is 5.91 Å². The Morgan fingerprint density at radius 1 is 1.05 bits per heavy atom. The first kappa shape index (κ1) is 12.0. The fourth-order valence-electron chi connectivity index (χ4n) is 2.64. The van der Waals surface area contributed by atoms with Crippen molar-refractivity contribution >= 4 is 11.6 Å². The minimum Gasteiger partial charge on any atom is -0.312 e. The number of amides is 1. The van der Waals surface area contributed by atoms with Gasteiger partial charge >= 0.3 is 0 Å². The third-order valence-electron chi connectivity index (χ3n) is 3.60. The van der Waals surface area contributed by atoms with E-state index >= 15 is 0 Å². The number of anilines is 1. The minimum absolute atomic E-state index is 0.237. The first-order valence-electron chi connectivity index (χ1n) is 6.72. The van der Waals surface area contributed by atoms with Gasteiger partial charge in [-0.3, -0.25) is 4.79 Å². The molecule has 2 aromatic rings. The van der Waals surface area contributed by atoms with Crippen molar-refractivity contribution < 1.29 is 4.79 Å². The maximum atomic E-state index is 12.0. The molecule has 3 rings (SSSR count). The molecule has 2 heteroatoms. The van der Waals surface area contributed by atoms with Gasteiger partial charge in [0, 0.05) is 18.5 Å². The number of hydrogen-bond donors (Lipinski definition) is 0. The molecule has 19 heavy (non-hydrogen) atoms. The van der Waals surface area contributed by atoms with Crippen LogP contribution in [0.2, 0.25) is 0 Å². The number of rotatable bonds is 2. The quantitative estimate of drug-likeness (QED) is 0.795. The maximum Gasteiger partial charge on any atom is 0.227 e. The van der Waals surface area contributed by atoms with Crippen molar-refractivity contribution in [1.82, 2.24) is 0 Å². The monoisotopic (exact) mass is 251 g/mol. The van der Waals surface area contributed by atoms with Crippen molar-refractivity contribution in [3.05, 3.63) is 54.1 Å². The Morgan fingerprint density at radius 2 is 1.84 bits per heavy atom. The third kappa shape index (κ3) is 2.26. The molecule has 0 spiro atoms. The number of hydrogen-bond acceptors (Lipinski definition) is 1. The molecule has 0 aromatic heterocycles. The van der Waals surface area contributed by atoms with Crippen LogP contribution in [0.1, 0.15) is 18.4 Å². The molecule has 0 radical (unpaired) electrons. The zero-order chi connectivity index (χ0) is 13.2. The lowest BCUT2D eigenvalue weighted by Crippen LogP contribution is -2.24. The Hall–Kier alpha value is -2.09. The van der Waals surface area contributed by atoms with Gasteiger partial charge in [-0.05, 0) is 31.0 Å². The third-order valence-corrected chi connectivity index (χ3v) is 3.60. The highest BCUT2D eigenvalue weighted by molar-refractivity contribution is 5.99. The lowest BCUT2D eigenvalue weighted by atomic mass is 10.0. The molecule has 0 aliphatic carbocycles. The lowest BCUT2D eigenvalue weighted by Gasteiger charge is -2.20. The second-order valence-corrected chi connectivity index (χ2v) is 5.04. The number of carbonyl (C=O) groups is 1. The molecule has 1 heterocycles. The Morgan fingerprint density at radius 3 is 2.53 bits per heavy atom. The molecule has 0 saturated carbocycles. The van der Waals surface area contributed by atoms with Crippen LogP contribution in [0.3, 0.4) is 0 Å².